The lowest BCUT2D eigenvalue weighted by Gasteiger charge is -2.28. The second kappa shape index (κ2) is 4.76. The molecule has 0 saturated carbocycles. The number of anilines is 1. The summed E-state index contributed by atoms with van der Waals surface area (Å²) in [5.41, 5.74) is 0.197. The number of benzene rings is 1. The summed E-state index contributed by atoms with van der Waals surface area (Å²) < 4.78 is 48.5. The molecule has 4 N–H and O–H groups in total. The van der Waals surface area contributed by atoms with Gasteiger partial charge in [0.2, 0.25) is 20.0 Å². The highest BCUT2D eigenvalue weighted by Gasteiger charge is 2.33. The van der Waals surface area contributed by atoms with Crippen LogP contribution in [0.5, 0.6) is 0 Å². The van der Waals surface area contributed by atoms with Gasteiger partial charge in [-0.25, -0.2) is 22.0 Å². The van der Waals surface area contributed by atoms with Crippen LogP contribution in [0.4, 0.5) is 5.69 Å². The Kier molecular flexibility index (Phi) is 3.71. The number of hydrogen-bond donors (Lipinski definition) is 3. The van der Waals surface area contributed by atoms with Gasteiger partial charge in [0.1, 0.15) is 15.9 Å². The molecule has 1 heterocycles. The van der Waals surface area contributed by atoms with E-state index in [0.717, 1.165) is 6.07 Å². The normalized spacial score (nSPS) is 21.8. The fourth-order valence-corrected chi connectivity index (χ4v) is 3.93. The number of fused-ring (bicyclic) bond motifs is 1. The van der Waals surface area contributed by atoms with Crippen LogP contribution in [0.3, 0.4) is 0 Å². The van der Waals surface area contributed by atoms with Crippen molar-refractivity contribution in [1.82, 2.24) is 4.72 Å². The van der Waals surface area contributed by atoms with E-state index in [0.29, 0.717) is 0 Å². The van der Waals surface area contributed by atoms with Gasteiger partial charge in [-0.1, -0.05) is 0 Å². The lowest BCUT2D eigenvalue weighted by molar-refractivity contribution is 0.562. The number of hydrogen-bond acceptors (Lipinski definition) is 5. The van der Waals surface area contributed by atoms with E-state index in [1.54, 1.807) is 0 Å². The first-order chi connectivity index (χ1) is 8.61. The monoisotopic (exact) mass is 345 g/mol. The van der Waals surface area contributed by atoms with E-state index < -0.39 is 31.0 Å². The predicted octanol–water partition coefficient (Wildman–Crippen LogP) is 0.168. The van der Waals surface area contributed by atoms with Gasteiger partial charge in [0, 0.05) is 0 Å². The molecule has 11 heteroatoms. The van der Waals surface area contributed by atoms with Crippen LogP contribution in [0.1, 0.15) is 0 Å². The van der Waals surface area contributed by atoms with Crippen LogP contribution in [0.2, 0.25) is 0 Å². The second-order valence-corrected chi connectivity index (χ2v) is 8.19. The number of sulfonamides is 2. The van der Waals surface area contributed by atoms with E-state index in [1.807, 2.05) is 0 Å². The maximum atomic E-state index is 12.0. The molecule has 0 fully saturated rings. The molecule has 1 aromatic rings. The van der Waals surface area contributed by atoms with E-state index in [4.69, 9.17) is 28.3 Å². The quantitative estimate of drug-likeness (QED) is 0.660. The fraction of sp³-hybridized carbons (Fsp3) is 0.250. The summed E-state index contributed by atoms with van der Waals surface area (Å²) in [5, 5.41) is 7.69. The molecule has 0 radical (unpaired) electrons. The van der Waals surface area contributed by atoms with Crippen LogP contribution in [-0.4, -0.2) is 27.8 Å². The Hall–Kier alpha value is -0.580. The smallest absolute Gasteiger partial charge is 0.244 e. The Labute approximate surface area is 120 Å². The molecule has 1 aliphatic heterocycles. The molecule has 106 valence electrons. The average molecular weight is 346 g/mol. The summed E-state index contributed by atoms with van der Waals surface area (Å²) in [5.74, 6) is 0. The van der Waals surface area contributed by atoms with E-state index >= 15 is 0 Å². The van der Waals surface area contributed by atoms with Crippen molar-refractivity contribution in [1.29, 1.82) is 0 Å². The number of nitrogens with one attached hydrogen (secondary N) is 2. The van der Waals surface area contributed by atoms with Crippen LogP contribution in [0.15, 0.2) is 28.0 Å². The minimum atomic E-state index is -3.99. The molecular formula is C8H9Cl2N3O4S2. The summed E-state index contributed by atoms with van der Waals surface area (Å²) >= 11 is 11.2. The number of rotatable bonds is 2. The van der Waals surface area contributed by atoms with Gasteiger partial charge in [-0.05, 0) is 18.2 Å². The molecule has 1 unspecified atom stereocenters. The largest absolute Gasteiger partial charge is 0.366 e. The highest BCUT2D eigenvalue weighted by atomic mass is 35.5. The molecule has 0 saturated heterocycles. The van der Waals surface area contributed by atoms with Crippen molar-refractivity contribution in [2.45, 2.75) is 20.8 Å². The minimum absolute atomic E-state index is 0.197. The van der Waals surface area contributed by atoms with Gasteiger partial charge in [0.05, 0.1) is 10.6 Å². The van der Waals surface area contributed by atoms with Gasteiger partial charge in [0.15, 0.2) is 0 Å². The summed E-state index contributed by atoms with van der Waals surface area (Å²) in [6.07, 6.45) is -0.902. The number of halogens is 2. The lowest BCUT2D eigenvalue weighted by Crippen LogP contribution is -2.48. The third-order valence-electron chi connectivity index (χ3n) is 2.42. The standard InChI is InChI=1S/C8H9Cl2N3O4S2/c9-7(10)8-12-5-2-1-4(18(11,14)15)3-6(5)19(16,17)13-8/h1-3,7-8,12-13H,(H2,11,14,15). The zero-order chi connectivity index (χ0) is 14.4. The first-order valence-corrected chi connectivity index (χ1v) is 8.75. The van der Waals surface area contributed by atoms with Crippen molar-refractivity contribution >= 4 is 48.9 Å². The summed E-state index contributed by atoms with van der Waals surface area (Å²) in [4.78, 5) is -1.55. The Balaban J connectivity index is 2.58. The summed E-state index contributed by atoms with van der Waals surface area (Å²) in [6, 6.07) is 3.45. The Bertz CT molecular complexity index is 718. The van der Waals surface area contributed by atoms with Crippen LogP contribution in [-0.2, 0) is 20.0 Å². The molecule has 7 nitrogen and oxygen atoms in total. The minimum Gasteiger partial charge on any atom is -0.366 e. The maximum absolute atomic E-state index is 12.0. The molecule has 1 atom stereocenters. The summed E-state index contributed by atoms with van der Waals surface area (Å²) in [6.45, 7) is 0. The topological polar surface area (TPSA) is 118 Å². The Morgan fingerprint density at radius 2 is 1.95 bits per heavy atom. The third-order valence-corrected chi connectivity index (χ3v) is 5.31. The zero-order valence-electron chi connectivity index (χ0n) is 9.17. The Morgan fingerprint density at radius 1 is 1.32 bits per heavy atom. The molecule has 0 amide bonds. The highest BCUT2D eigenvalue weighted by molar-refractivity contribution is 7.90. The zero-order valence-corrected chi connectivity index (χ0v) is 12.3. The first kappa shape index (κ1) is 14.8. The van der Waals surface area contributed by atoms with Crippen LogP contribution in [0, 0.1) is 0 Å². The van der Waals surface area contributed by atoms with Crippen molar-refractivity contribution in [2.75, 3.05) is 5.32 Å². The van der Waals surface area contributed by atoms with Crippen LogP contribution < -0.4 is 15.2 Å². The number of alkyl halides is 2. The maximum Gasteiger partial charge on any atom is 0.244 e. The van der Waals surface area contributed by atoms with Gasteiger partial charge in [-0.15, -0.1) is 23.2 Å². The van der Waals surface area contributed by atoms with Crippen molar-refractivity contribution in [2.24, 2.45) is 5.14 Å². The molecular weight excluding hydrogens is 337 g/mol. The second-order valence-electron chi connectivity index (χ2n) is 3.78. The molecule has 0 bridgehead atoms. The molecule has 0 spiro atoms. The van der Waals surface area contributed by atoms with Crippen molar-refractivity contribution in [3.8, 4) is 0 Å². The number of primary sulfonamides is 1. The van der Waals surface area contributed by atoms with Gasteiger partial charge in [0.25, 0.3) is 0 Å². The molecule has 1 aromatic carbocycles. The van der Waals surface area contributed by atoms with Crippen LogP contribution in [0.25, 0.3) is 0 Å². The molecule has 2 rings (SSSR count). The van der Waals surface area contributed by atoms with Gasteiger partial charge in [-0.2, -0.15) is 4.72 Å². The lowest BCUT2D eigenvalue weighted by atomic mass is 10.3. The average Bonchev–Trinajstić information content (AvgIpc) is 2.26. The van der Waals surface area contributed by atoms with Crippen molar-refractivity contribution < 1.29 is 16.8 Å². The SMILES string of the molecule is NS(=O)(=O)c1ccc2c(c1)S(=O)(=O)NC(C(Cl)Cl)N2. The van der Waals surface area contributed by atoms with E-state index in [1.165, 1.54) is 12.1 Å². The third kappa shape index (κ3) is 2.96. The van der Waals surface area contributed by atoms with E-state index in [-0.39, 0.29) is 15.5 Å². The van der Waals surface area contributed by atoms with Crippen LogP contribution >= 0.6 is 23.2 Å². The van der Waals surface area contributed by atoms with Gasteiger partial charge in [-0.3, -0.25) is 0 Å². The van der Waals surface area contributed by atoms with Gasteiger partial charge < -0.3 is 5.32 Å². The predicted molar refractivity (Wildman–Crippen MR) is 71.0 cm³/mol. The van der Waals surface area contributed by atoms with E-state index in [2.05, 4.69) is 10.0 Å². The molecule has 0 aliphatic carbocycles. The number of nitrogens with two attached hydrogens (primary N) is 1. The summed E-state index contributed by atoms with van der Waals surface area (Å²) in [7, 11) is -7.91. The molecule has 1 aliphatic rings. The molecule has 0 aromatic heterocycles. The van der Waals surface area contributed by atoms with Gasteiger partial charge >= 0.3 is 0 Å². The highest BCUT2D eigenvalue weighted by Crippen LogP contribution is 2.30. The Morgan fingerprint density at radius 3 is 2.47 bits per heavy atom. The van der Waals surface area contributed by atoms with E-state index in [9.17, 15) is 16.8 Å². The molecule has 19 heavy (non-hydrogen) atoms. The van der Waals surface area contributed by atoms with Crippen molar-refractivity contribution in [3.63, 3.8) is 0 Å². The first-order valence-electron chi connectivity index (χ1n) is 4.85. The fourth-order valence-electron chi connectivity index (χ4n) is 1.56. The van der Waals surface area contributed by atoms with Crippen molar-refractivity contribution in [3.05, 3.63) is 18.2 Å².